The number of anilines is 1. The summed E-state index contributed by atoms with van der Waals surface area (Å²) in [5.74, 6) is 0.785. The zero-order valence-electron chi connectivity index (χ0n) is 13.0. The van der Waals surface area contributed by atoms with Gasteiger partial charge in [0.15, 0.2) is 0 Å². The summed E-state index contributed by atoms with van der Waals surface area (Å²) >= 11 is 0. The van der Waals surface area contributed by atoms with Gasteiger partial charge in [0.1, 0.15) is 18.4 Å². The number of hydrogen-bond acceptors (Lipinski definition) is 5. The molecule has 0 aromatic heterocycles. The minimum Gasteiger partial charge on any atom is -0.492 e. The first kappa shape index (κ1) is 16.3. The second-order valence-corrected chi connectivity index (χ2v) is 5.15. The van der Waals surface area contributed by atoms with Crippen molar-refractivity contribution in [2.75, 3.05) is 25.1 Å². The van der Waals surface area contributed by atoms with Crippen LogP contribution in [0.1, 0.15) is 11.1 Å². The molecule has 0 aliphatic heterocycles. The molecule has 0 saturated heterocycles. The number of nitrogens with zero attached hydrogens (tertiary/aromatic N) is 3. The number of hydrogen-bond donors (Lipinski definition) is 0. The van der Waals surface area contributed by atoms with Crippen molar-refractivity contribution in [3.63, 3.8) is 0 Å². The van der Waals surface area contributed by atoms with Crippen LogP contribution in [0.15, 0.2) is 42.5 Å². The molecule has 0 radical (unpaired) electrons. The van der Waals surface area contributed by atoms with E-state index in [1.54, 1.807) is 6.07 Å². The molecule has 2 aromatic carbocycles. The predicted octanol–water partition coefficient (Wildman–Crippen LogP) is 3.29. The highest BCUT2D eigenvalue weighted by Gasteiger charge is 2.13. The minimum absolute atomic E-state index is 0.0883. The van der Waals surface area contributed by atoms with Crippen LogP contribution in [0, 0.1) is 28.4 Å². The first-order valence-electron chi connectivity index (χ1n) is 7.10. The van der Waals surface area contributed by atoms with Crippen LogP contribution in [0.4, 0.5) is 11.4 Å². The van der Waals surface area contributed by atoms with Gasteiger partial charge < -0.3 is 9.64 Å². The molecule has 0 unspecified atom stereocenters. The van der Waals surface area contributed by atoms with E-state index >= 15 is 0 Å². The number of benzene rings is 2. The molecule has 2 rings (SSSR count). The van der Waals surface area contributed by atoms with Gasteiger partial charge in [0.2, 0.25) is 0 Å². The lowest BCUT2D eigenvalue weighted by Gasteiger charge is -2.20. The van der Waals surface area contributed by atoms with Gasteiger partial charge in [0, 0.05) is 19.2 Å². The Labute approximate surface area is 134 Å². The standard InChI is InChI=1S/C17H17N3O3/c1-13-3-6-16(7-4-13)23-10-9-19(2)17-8-5-15(20(21)22)11-14(17)12-18/h3-8,11H,9-10H2,1-2H3. The van der Waals surface area contributed by atoms with Gasteiger partial charge in [-0.1, -0.05) is 17.7 Å². The Kier molecular flexibility index (Phi) is 5.15. The molecule has 0 aliphatic carbocycles. The largest absolute Gasteiger partial charge is 0.492 e. The topological polar surface area (TPSA) is 79.4 Å². The number of aryl methyl sites for hydroxylation is 1. The summed E-state index contributed by atoms with van der Waals surface area (Å²) in [6, 6.07) is 14.0. The molecule has 2 aromatic rings. The van der Waals surface area contributed by atoms with Crippen molar-refractivity contribution < 1.29 is 9.66 Å². The molecule has 0 aliphatic rings. The highest BCUT2D eigenvalue weighted by molar-refractivity contribution is 5.62. The van der Waals surface area contributed by atoms with Crippen LogP contribution in [-0.2, 0) is 0 Å². The Morgan fingerprint density at radius 2 is 1.96 bits per heavy atom. The third-order valence-electron chi connectivity index (χ3n) is 3.44. The molecule has 0 fully saturated rings. The molecular formula is C17H17N3O3. The Bertz CT molecular complexity index is 736. The third-order valence-corrected chi connectivity index (χ3v) is 3.44. The van der Waals surface area contributed by atoms with Gasteiger partial charge in [-0.05, 0) is 25.1 Å². The maximum atomic E-state index is 10.8. The van der Waals surface area contributed by atoms with Gasteiger partial charge in [0.05, 0.1) is 22.7 Å². The van der Waals surface area contributed by atoms with E-state index in [9.17, 15) is 15.4 Å². The van der Waals surface area contributed by atoms with Crippen molar-refractivity contribution in [1.29, 1.82) is 5.26 Å². The van der Waals surface area contributed by atoms with Crippen molar-refractivity contribution >= 4 is 11.4 Å². The van der Waals surface area contributed by atoms with Gasteiger partial charge in [-0.2, -0.15) is 5.26 Å². The van der Waals surface area contributed by atoms with Crippen molar-refractivity contribution in [1.82, 2.24) is 0 Å². The number of ether oxygens (including phenoxy) is 1. The summed E-state index contributed by atoms with van der Waals surface area (Å²) in [5.41, 5.74) is 2.00. The fraction of sp³-hybridized carbons (Fsp3) is 0.235. The van der Waals surface area contributed by atoms with Crippen molar-refractivity contribution in [3.05, 3.63) is 63.7 Å². The Morgan fingerprint density at radius 1 is 1.26 bits per heavy atom. The first-order valence-corrected chi connectivity index (χ1v) is 7.10. The Hall–Kier alpha value is -3.07. The monoisotopic (exact) mass is 311 g/mol. The summed E-state index contributed by atoms with van der Waals surface area (Å²) in [6.07, 6.45) is 0. The van der Waals surface area contributed by atoms with Gasteiger partial charge in [-0.25, -0.2) is 0 Å². The van der Waals surface area contributed by atoms with Crippen LogP contribution in [0.2, 0.25) is 0 Å². The van der Waals surface area contributed by atoms with Crippen molar-refractivity contribution in [3.8, 4) is 11.8 Å². The van der Waals surface area contributed by atoms with Crippen LogP contribution in [0.5, 0.6) is 5.75 Å². The Morgan fingerprint density at radius 3 is 2.57 bits per heavy atom. The molecule has 23 heavy (non-hydrogen) atoms. The van der Waals surface area contributed by atoms with Gasteiger partial charge in [-0.15, -0.1) is 0 Å². The SMILES string of the molecule is Cc1ccc(OCCN(C)c2ccc([N+](=O)[O-])cc2C#N)cc1. The molecule has 0 saturated carbocycles. The fourth-order valence-electron chi connectivity index (χ4n) is 2.12. The summed E-state index contributed by atoms with van der Waals surface area (Å²) in [6.45, 7) is 3.01. The average molecular weight is 311 g/mol. The number of nitriles is 1. The summed E-state index contributed by atoms with van der Waals surface area (Å²) in [7, 11) is 1.82. The molecule has 0 heterocycles. The van der Waals surface area contributed by atoms with E-state index in [0.29, 0.717) is 18.8 Å². The third kappa shape index (κ3) is 4.20. The van der Waals surface area contributed by atoms with E-state index in [1.807, 2.05) is 49.2 Å². The summed E-state index contributed by atoms with van der Waals surface area (Å²) in [5, 5.41) is 19.9. The quantitative estimate of drug-likeness (QED) is 0.604. The predicted molar refractivity (Wildman–Crippen MR) is 87.8 cm³/mol. The number of rotatable bonds is 6. The molecule has 0 spiro atoms. The molecule has 0 amide bonds. The van der Waals surface area contributed by atoms with Crippen LogP contribution >= 0.6 is 0 Å². The number of nitro benzene ring substituents is 1. The van der Waals surface area contributed by atoms with Crippen LogP contribution < -0.4 is 9.64 Å². The fourth-order valence-corrected chi connectivity index (χ4v) is 2.12. The van der Waals surface area contributed by atoms with Crippen LogP contribution in [0.3, 0.4) is 0 Å². The second-order valence-electron chi connectivity index (χ2n) is 5.15. The van der Waals surface area contributed by atoms with Gasteiger partial charge >= 0.3 is 0 Å². The Balaban J connectivity index is 2.00. The molecule has 0 atom stereocenters. The second kappa shape index (κ2) is 7.27. The van der Waals surface area contributed by atoms with E-state index in [0.717, 1.165) is 5.75 Å². The van der Waals surface area contributed by atoms with E-state index in [2.05, 4.69) is 0 Å². The van der Waals surface area contributed by atoms with Gasteiger partial charge in [-0.3, -0.25) is 10.1 Å². The molecular weight excluding hydrogens is 294 g/mol. The molecule has 0 bridgehead atoms. The maximum Gasteiger partial charge on any atom is 0.270 e. The zero-order valence-corrected chi connectivity index (χ0v) is 13.0. The number of non-ortho nitro benzene ring substituents is 1. The number of likely N-dealkylation sites (N-methyl/N-ethyl adjacent to an activating group) is 1. The van der Waals surface area contributed by atoms with E-state index < -0.39 is 4.92 Å². The van der Waals surface area contributed by atoms with E-state index in [-0.39, 0.29) is 11.3 Å². The van der Waals surface area contributed by atoms with E-state index in [1.165, 1.54) is 17.7 Å². The molecule has 6 nitrogen and oxygen atoms in total. The molecule has 118 valence electrons. The lowest BCUT2D eigenvalue weighted by Crippen LogP contribution is -2.24. The minimum atomic E-state index is -0.509. The van der Waals surface area contributed by atoms with Gasteiger partial charge in [0.25, 0.3) is 5.69 Å². The van der Waals surface area contributed by atoms with Crippen LogP contribution in [-0.4, -0.2) is 25.1 Å². The average Bonchev–Trinajstić information content (AvgIpc) is 2.55. The highest BCUT2D eigenvalue weighted by Crippen LogP contribution is 2.24. The lowest BCUT2D eigenvalue weighted by molar-refractivity contribution is -0.384. The first-order chi connectivity index (χ1) is 11.0. The lowest BCUT2D eigenvalue weighted by atomic mass is 10.1. The normalized spacial score (nSPS) is 9.96. The van der Waals surface area contributed by atoms with Crippen LogP contribution in [0.25, 0.3) is 0 Å². The molecule has 6 heteroatoms. The highest BCUT2D eigenvalue weighted by atomic mass is 16.6. The number of nitro groups is 1. The van der Waals surface area contributed by atoms with Crippen molar-refractivity contribution in [2.45, 2.75) is 6.92 Å². The van der Waals surface area contributed by atoms with E-state index in [4.69, 9.17) is 4.74 Å². The zero-order chi connectivity index (χ0) is 16.8. The smallest absolute Gasteiger partial charge is 0.270 e. The maximum absolute atomic E-state index is 10.8. The summed E-state index contributed by atoms with van der Waals surface area (Å²) in [4.78, 5) is 12.1. The molecule has 0 N–H and O–H groups in total. The van der Waals surface area contributed by atoms with Crippen molar-refractivity contribution in [2.24, 2.45) is 0 Å². The summed E-state index contributed by atoms with van der Waals surface area (Å²) < 4.78 is 5.66.